The van der Waals surface area contributed by atoms with Crippen LogP contribution in [0.2, 0.25) is 0 Å². The van der Waals surface area contributed by atoms with E-state index in [4.69, 9.17) is 4.74 Å². The first kappa shape index (κ1) is 17.6. The van der Waals surface area contributed by atoms with Crippen LogP contribution in [0.25, 0.3) is 0 Å². The highest BCUT2D eigenvalue weighted by Crippen LogP contribution is 2.12. The predicted octanol–water partition coefficient (Wildman–Crippen LogP) is 0.185. The molecule has 1 heterocycles. The van der Waals surface area contributed by atoms with Gasteiger partial charge in [-0.25, -0.2) is 0 Å². The minimum atomic E-state index is -0.673. The van der Waals surface area contributed by atoms with Crippen LogP contribution in [0.5, 0.6) is 5.75 Å². The maximum absolute atomic E-state index is 12.3. The van der Waals surface area contributed by atoms with E-state index in [0.717, 1.165) is 6.29 Å². The summed E-state index contributed by atoms with van der Waals surface area (Å²) in [6.45, 7) is 0. The van der Waals surface area contributed by atoms with E-state index < -0.39 is 6.04 Å². The highest BCUT2D eigenvalue weighted by molar-refractivity contribution is 5.88. The molecule has 0 bridgehead atoms. The Morgan fingerprint density at radius 2 is 2.23 bits per heavy atom. The van der Waals surface area contributed by atoms with Crippen molar-refractivity contribution in [2.75, 3.05) is 21.2 Å². The smallest absolute Gasteiger partial charge is 0.242 e. The molecule has 0 aromatic carbocycles. The molecule has 7 heteroatoms. The average Bonchev–Trinajstić information content (AvgIpc) is 2.54. The molecule has 22 heavy (non-hydrogen) atoms. The van der Waals surface area contributed by atoms with E-state index in [-0.39, 0.29) is 31.1 Å². The molecule has 1 unspecified atom stereocenters. The van der Waals surface area contributed by atoms with E-state index >= 15 is 0 Å². The Balaban J connectivity index is 2.79. The lowest BCUT2D eigenvalue weighted by Gasteiger charge is -2.26. The fraction of sp³-hybridized carbons (Fsp3) is 0.467. The van der Waals surface area contributed by atoms with Gasteiger partial charge < -0.3 is 19.7 Å². The number of nitrogens with zero attached hydrogens (tertiary/aromatic N) is 2. The van der Waals surface area contributed by atoms with Crippen LogP contribution in [0, 0.1) is 0 Å². The van der Waals surface area contributed by atoms with E-state index in [2.05, 4.69) is 10.3 Å². The number of likely N-dealkylation sites (N-methyl/N-ethyl adjacent to an activating group) is 2. The van der Waals surface area contributed by atoms with Crippen molar-refractivity contribution >= 4 is 18.1 Å². The molecule has 0 aliphatic carbocycles. The fourth-order valence-corrected chi connectivity index (χ4v) is 2.03. The number of pyridine rings is 1. The van der Waals surface area contributed by atoms with Crippen molar-refractivity contribution in [2.24, 2.45) is 0 Å². The molecule has 0 saturated heterocycles. The Bertz CT molecular complexity index is 533. The minimum Gasteiger partial charge on any atom is -0.497 e. The average molecular weight is 307 g/mol. The van der Waals surface area contributed by atoms with Crippen molar-refractivity contribution in [3.63, 3.8) is 0 Å². The monoisotopic (exact) mass is 307 g/mol. The van der Waals surface area contributed by atoms with Gasteiger partial charge in [0.1, 0.15) is 18.1 Å². The number of amides is 2. The molecule has 1 N–H and O–H groups in total. The molecule has 0 saturated carbocycles. The van der Waals surface area contributed by atoms with Crippen molar-refractivity contribution in [1.82, 2.24) is 15.2 Å². The second-order valence-corrected chi connectivity index (χ2v) is 4.74. The third-order valence-electron chi connectivity index (χ3n) is 3.32. The largest absolute Gasteiger partial charge is 0.497 e. The van der Waals surface area contributed by atoms with Crippen LogP contribution in [-0.4, -0.2) is 55.2 Å². The summed E-state index contributed by atoms with van der Waals surface area (Å²) in [4.78, 5) is 40.2. The van der Waals surface area contributed by atoms with E-state index in [0.29, 0.717) is 11.4 Å². The van der Waals surface area contributed by atoms with E-state index in [1.54, 1.807) is 25.4 Å². The van der Waals surface area contributed by atoms with Gasteiger partial charge >= 0.3 is 0 Å². The minimum absolute atomic E-state index is 0.0578. The number of aldehydes is 1. The number of hydrogen-bond donors (Lipinski definition) is 1. The third kappa shape index (κ3) is 4.83. The molecule has 1 aromatic heterocycles. The molecule has 120 valence electrons. The molecule has 0 radical (unpaired) electrons. The van der Waals surface area contributed by atoms with Crippen molar-refractivity contribution in [2.45, 2.75) is 25.3 Å². The van der Waals surface area contributed by atoms with E-state index in [9.17, 15) is 14.4 Å². The second kappa shape index (κ2) is 8.76. The Hall–Kier alpha value is -2.44. The molecule has 1 atom stereocenters. The Kier molecular flexibility index (Phi) is 7.01. The number of carbonyl (C=O) groups is 3. The summed E-state index contributed by atoms with van der Waals surface area (Å²) in [7, 11) is 4.58. The molecule has 0 spiro atoms. The maximum atomic E-state index is 12.3. The predicted molar refractivity (Wildman–Crippen MR) is 80.4 cm³/mol. The molecule has 0 fully saturated rings. The SMILES string of the molecule is CNC(=O)C(CCC=O)N(C)C(=O)Cc1cc(OC)ccn1. The molecular formula is C15H21N3O4. The summed E-state index contributed by atoms with van der Waals surface area (Å²) in [6, 6.07) is 2.69. The number of methoxy groups -OCH3 is 1. The molecule has 2 amide bonds. The summed E-state index contributed by atoms with van der Waals surface area (Å²) < 4.78 is 5.09. The van der Waals surface area contributed by atoms with Gasteiger partial charge in [-0.3, -0.25) is 14.6 Å². The number of aromatic nitrogens is 1. The highest BCUT2D eigenvalue weighted by atomic mass is 16.5. The van der Waals surface area contributed by atoms with Gasteiger partial charge in [0.05, 0.1) is 19.2 Å². The van der Waals surface area contributed by atoms with Gasteiger partial charge in [0.15, 0.2) is 0 Å². The van der Waals surface area contributed by atoms with Gasteiger partial charge in [-0.15, -0.1) is 0 Å². The van der Waals surface area contributed by atoms with Gasteiger partial charge in [0.25, 0.3) is 0 Å². The number of rotatable bonds is 8. The van der Waals surface area contributed by atoms with Crippen molar-refractivity contribution in [3.05, 3.63) is 24.0 Å². The summed E-state index contributed by atoms with van der Waals surface area (Å²) in [5, 5.41) is 2.51. The Labute approximate surface area is 129 Å². The van der Waals surface area contributed by atoms with Gasteiger partial charge in [0, 0.05) is 32.8 Å². The van der Waals surface area contributed by atoms with Crippen molar-refractivity contribution in [1.29, 1.82) is 0 Å². The first-order valence-corrected chi connectivity index (χ1v) is 6.93. The highest BCUT2D eigenvalue weighted by Gasteiger charge is 2.25. The summed E-state index contributed by atoms with van der Waals surface area (Å²) in [5.41, 5.74) is 0.558. The standard InChI is InChI=1S/C15H21N3O4/c1-16-15(21)13(5-4-8-19)18(2)14(20)10-11-9-12(22-3)6-7-17-11/h6-9,13H,4-5,10H2,1-3H3,(H,16,21). The van der Waals surface area contributed by atoms with Gasteiger partial charge in [-0.1, -0.05) is 0 Å². The van der Waals surface area contributed by atoms with Crippen LogP contribution in [0.1, 0.15) is 18.5 Å². The molecule has 0 aliphatic rings. The van der Waals surface area contributed by atoms with Crippen LogP contribution < -0.4 is 10.1 Å². The molecule has 1 rings (SSSR count). The zero-order valence-corrected chi connectivity index (χ0v) is 13.0. The summed E-state index contributed by atoms with van der Waals surface area (Å²) >= 11 is 0. The fourth-order valence-electron chi connectivity index (χ4n) is 2.03. The first-order chi connectivity index (χ1) is 10.5. The summed E-state index contributed by atoms with van der Waals surface area (Å²) in [5.74, 6) is 0.0702. The normalized spacial score (nSPS) is 11.4. The molecule has 1 aromatic rings. The zero-order valence-electron chi connectivity index (χ0n) is 13.0. The topological polar surface area (TPSA) is 88.6 Å². The second-order valence-electron chi connectivity index (χ2n) is 4.74. The third-order valence-corrected chi connectivity index (χ3v) is 3.32. The van der Waals surface area contributed by atoms with E-state index in [1.807, 2.05) is 0 Å². The lowest BCUT2D eigenvalue weighted by atomic mass is 10.1. The van der Waals surface area contributed by atoms with Crippen molar-refractivity contribution in [3.8, 4) is 5.75 Å². The molecular weight excluding hydrogens is 286 g/mol. The van der Waals surface area contributed by atoms with Crippen LogP contribution >= 0.6 is 0 Å². The number of ether oxygens (including phenoxy) is 1. The number of nitrogens with one attached hydrogen (secondary N) is 1. The van der Waals surface area contributed by atoms with E-state index in [1.165, 1.54) is 19.1 Å². The van der Waals surface area contributed by atoms with Crippen molar-refractivity contribution < 1.29 is 19.1 Å². The van der Waals surface area contributed by atoms with Gasteiger partial charge in [-0.2, -0.15) is 0 Å². The van der Waals surface area contributed by atoms with Gasteiger partial charge in [-0.05, 0) is 12.5 Å². The number of carbonyl (C=O) groups excluding carboxylic acids is 3. The first-order valence-electron chi connectivity index (χ1n) is 6.93. The number of hydrogen-bond acceptors (Lipinski definition) is 5. The Morgan fingerprint density at radius 1 is 1.50 bits per heavy atom. The molecule has 0 aliphatic heterocycles. The lowest BCUT2D eigenvalue weighted by Crippen LogP contribution is -2.47. The van der Waals surface area contributed by atoms with Gasteiger partial charge in [0.2, 0.25) is 11.8 Å². The zero-order chi connectivity index (χ0) is 16.5. The maximum Gasteiger partial charge on any atom is 0.242 e. The lowest BCUT2D eigenvalue weighted by molar-refractivity contribution is -0.138. The Morgan fingerprint density at radius 3 is 2.82 bits per heavy atom. The van der Waals surface area contributed by atoms with Crippen LogP contribution in [0.3, 0.4) is 0 Å². The van der Waals surface area contributed by atoms with Crippen LogP contribution in [-0.2, 0) is 20.8 Å². The quantitative estimate of drug-likeness (QED) is 0.692. The summed E-state index contributed by atoms with van der Waals surface area (Å²) in [6.07, 6.45) is 2.86. The molecule has 7 nitrogen and oxygen atoms in total. The van der Waals surface area contributed by atoms with Crippen LogP contribution in [0.15, 0.2) is 18.3 Å². The van der Waals surface area contributed by atoms with Crippen LogP contribution in [0.4, 0.5) is 0 Å².